The number of pyridine rings is 2. The summed E-state index contributed by atoms with van der Waals surface area (Å²) in [6.45, 7) is 8.76. The average molecular weight is 871 g/mol. The van der Waals surface area contributed by atoms with E-state index in [1.54, 1.807) is 35.8 Å². The summed E-state index contributed by atoms with van der Waals surface area (Å²) in [4.78, 5) is 42.2. The van der Waals surface area contributed by atoms with E-state index in [1.807, 2.05) is 18.7 Å². The van der Waals surface area contributed by atoms with Gasteiger partial charge in [0, 0.05) is 28.9 Å². The van der Waals surface area contributed by atoms with Crippen LogP contribution in [-0.4, -0.2) is 56.3 Å². The molecule has 11 nitrogen and oxygen atoms in total. The van der Waals surface area contributed by atoms with Gasteiger partial charge >= 0.3 is 13.8 Å². The summed E-state index contributed by atoms with van der Waals surface area (Å²) in [5, 5.41) is 12.0. The molecular formula is C47H71N2O9PS. The van der Waals surface area contributed by atoms with Crippen molar-refractivity contribution < 1.29 is 37.9 Å². The molecular weight excluding hydrogens is 800 g/mol. The number of aryl methyl sites for hydroxylation is 1. The zero-order valence-electron chi connectivity index (χ0n) is 36.8. The largest absolute Gasteiger partial charge is 0.527 e. The van der Waals surface area contributed by atoms with Crippen LogP contribution in [-0.2, 0) is 48.5 Å². The number of phosphoric ester groups is 1. The Hall–Kier alpha value is -2.73. The van der Waals surface area contributed by atoms with E-state index in [4.69, 9.17) is 23.5 Å². The zero-order chi connectivity index (χ0) is 43.0. The minimum absolute atomic E-state index is 0.0561. The van der Waals surface area contributed by atoms with E-state index in [0.29, 0.717) is 35.7 Å². The van der Waals surface area contributed by atoms with Gasteiger partial charge in [0.25, 0.3) is 5.56 Å². The van der Waals surface area contributed by atoms with Crippen LogP contribution < -0.4 is 10.1 Å². The normalized spacial score (nSPS) is 17.3. The van der Waals surface area contributed by atoms with Crippen molar-refractivity contribution in [1.82, 2.24) is 9.55 Å². The van der Waals surface area contributed by atoms with Gasteiger partial charge in [-0.3, -0.25) is 14.2 Å². The zero-order valence-corrected chi connectivity index (χ0v) is 38.5. The van der Waals surface area contributed by atoms with Gasteiger partial charge in [-0.2, -0.15) is 11.8 Å². The molecule has 13 heteroatoms. The SMILES string of the molecule is CCCCCCCCCCCCSCC(COP(=O)(O)Oc1ccc2nc3c(c(CC)c2c1)Cn1c-3cc2c(c1=O)COC(=O)[C@]2(O)CC)OCCCCCCCCCC. The molecule has 4 heterocycles. The number of fused-ring (bicyclic) bond motifs is 5. The first kappa shape index (κ1) is 48.3. The molecule has 0 aliphatic carbocycles. The number of benzene rings is 1. The number of thioether (sulfide) groups is 1. The number of carbonyl (C=O) groups is 1. The number of nitrogens with zero attached hydrogens (tertiary/aromatic N) is 2. The number of cyclic esters (lactones) is 1. The van der Waals surface area contributed by atoms with Crippen molar-refractivity contribution in [3.05, 3.63) is 56.9 Å². The third-order valence-electron chi connectivity index (χ3n) is 12.1. The molecule has 3 atom stereocenters. The number of unbranched alkanes of at least 4 members (excludes halogenated alkanes) is 16. The molecule has 0 saturated heterocycles. The van der Waals surface area contributed by atoms with Crippen molar-refractivity contribution in [3.63, 3.8) is 0 Å². The number of hydrogen-bond acceptors (Lipinski definition) is 10. The van der Waals surface area contributed by atoms with Crippen LogP contribution in [0, 0.1) is 0 Å². The minimum atomic E-state index is -4.52. The Balaban J connectivity index is 1.19. The van der Waals surface area contributed by atoms with Crippen LogP contribution in [0.25, 0.3) is 22.3 Å². The summed E-state index contributed by atoms with van der Waals surface area (Å²) >= 11 is 1.81. The van der Waals surface area contributed by atoms with Crippen LogP contribution in [0.4, 0.5) is 0 Å². The molecule has 2 aliphatic rings. The van der Waals surface area contributed by atoms with Crippen LogP contribution in [0.2, 0.25) is 0 Å². The topological polar surface area (TPSA) is 146 Å². The number of phosphoric acid groups is 1. The van der Waals surface area contributed by atoms with Gasteiger partial charge in [-0.1, -0.05) is 130 Å². The van der Waals surface area contributed by atoms with Crippen molar-refractivity contribution in [2.75, 3.05) is 24.7 Å². The van der Waals surface area contributed by atoms with Crippen LogP contribution in [0.5, 0.6) is 5.75 Å². The van der Waals surface area contributed by atoms with Crippen molar-refractivity contribution in [3.8, 4) is 17.1 Å². The lowest BCUT2D eigenvalue weighted by Gasteiger charge is -2.31. The number of esters is 1. The van der Waals surface area contributed by atoms with E-state index in [0.717, 1.165) is 41.5 Å². The Kier molecular flexibility index (Phi) is 19.5. The summed E-state index contributed by atoms with van der Waals surface area (Å²) in [5.74, 6) is 1.10. The Bertz CT molecular complexity index is 1950. The molecule has 2 unspecified atom stereocenters. The second-order valence-electron chi connectivity index (χ2n) is 16.6. The summed E-state index contributed by atoms with van der Waals surface area (Å²) in [6, 6.07) is 6.71. The van der Waals surface area contributed by atoms with Crippen molar-refractivity contribution in [2.24, 2.45) is 0 Å². The summed E-state index contributed by atoms with van der Waals surface area (Å²) in [7, 11) is -4.52. The highest BCUT2D eigenvalue weighted by molar-refractivity contribution is 7.99. The first-order chi connectivity index (χ1) is 29.1. The second kappa shape index (κ2) is 24.2. The van der Waals surface area contributed by atoms with Crippen LogP contribution >= 0.6 is 19.6 Å². The predicted molar refractivity (Wildman–Crippen MR) is 242 cm³/mol. The van der Waals surface area contributed by atoms with Gasteiger partial charge < -0.3 is 23.7 Å². The maximum atomic E-state index is 13.7. The van der Waals surface area contributed by atoms with Gasteiger partial charge in [-0.25, -0.2) is 14.3 Å². The Morgan fingerprint density at radius 1 is 0.867 bits per heavy atom. The van der Waals surface area contributed by atoms with Gasteiger partial charge in [0.15, 0.2) is 5.60 Å². The molecule has 1 aromatic carbocycles. The van der Waals surface area contributed by atoms with Crippen LogP contribution in [0.15, 0.2) is 29.1 Å². The summed E-state index contributed by atoms with van der Waals surface area (Å²) in [6.07, 6.45) is 22.9. The fourth-order valence-corrected chi connectivity index (χ4v) is 10.3. The summed E-state index contributed by atoms with van der Waals surface area (Å²) < 4.78 is 37.8. The van der Waals surface area contributed by atoms with Gasteiger partial charge in [0.2, 0.25) is 0 Å². The number of carbonyl (C=O) groups excluding carboxylic acids is 1. The molecule has 60 heavy (non-hydrogen) atoms. The number of ether oxygens (including phenoxy) is 2. The van der Waals surface area contributed by atoms with Crippen molar-refractivity contribution in [1.29, 1.82) is 0 Å². The molecule has 2 N–H and O–H groups in total. The van der Waals surface area contributed by atoms with Gasteiger partial charge in [-0.15, -0.1) is 0 Å². The number of aliphatic hydroxyl groups is 1. The fraction of sp³-hybridized carbons (Fsp3) is 0.681. The lowest BCUT2D eigenvalue weighted by atomic mass is 9.86. The molecule has 2 aliphatic heterocycles. The van der Waals surface area contributed by atoms with E-state index in [2.05, 4.69) is 13.8 Å². The van der Waals surface area contributed by atoms with Gasteiger partial charge in [0.1, 0.15) is 12.4 Å². The van der Waals surface area contributed by atoms with Crippen LogP contribution in [0.3, 0.4) is 0 Å². The fourth-order valence-electron chi connectivity index (χ4n) is 8.47. The maximum Gasteiger partial charge on any atom is 0.527 e. The smallest absolute Gasteiger partial charge is 0.458 e. The number of hydrogen-bond donors (Lipinski definition) is 2. The second-order valence-corrected chi connectivity index (χ2v) is 19.2. The lowest BCUT2D eigenvalue weighted by Crippen LogP contribution is -2.44. The molecule has 5 rings (SSSR count). The Labute approximate surface area is 362 Å². The van der Waals surface area contributed by atoms with E-state index < -0.39 is 19.4 Å². The van der Waals surface area contributed by atoms with Crippen molar-refractivity contribution in [2.45, 2.75) is 181 Å². The lowest BCUT2D eigenvalue weighted by molar-refractivity contribution is -0.172. The van der Waals surface area contributed by atoms with E-state index in [-0.39, 0.29) is 54.7 Å². The number of rotatable bonds is 30. The first-order valence-electron chi connectivity index (χ1n) is 23.1. The first-order valence-corrected chi connectivity index (χ1v) is 25.7. The van der Waals surface area contributed by atoms with Gasteiger partial charge in [-0.05, 0) is 61.3 Å². The Morgan fingerprint density at radius 2 is 1.50 bits per heavy atom. The molecule has 0 bridgehead atoms. The summed E-state index contributed by atoms with van der Waals surface area (Å²) in [5.41, 5.74) is 1.79. The maximum absolute atomic E-state index is 13.7. The molecule has 0 saturated carbocycles. The predicted octanol–water partition coefficient (Wildman–Crippen LogP) is 11.3. The highest BCUT2D eigenvalue weighted by Crippen LogP contribution is 2.46. The quantitative estimate of drug-likeness (QED) is 0.0293. The van der Waals surface area contributed by atoms with Gasteiger partial charge in [0.05, 0.1) is 41.7 Å². The molecule has 3 aromatic rings. The molecule has 0 amide bonds. The number of aromatic nitrogens is 2. The molecule has 0 radical (unpaired) electrons. The Morgan fingerprint density at radius 3 is 2.13 bits per heavy atom. The van der Waals surface area contributed by atoms with E-state index in [1.165, 1.54) is 96.3 Å². The third-order valence-corrected chi connectivity index (χ3v) is 14.2. The standard InChI is InChI=1S/C47H71N2O9PS/c1-5-9-11-13-15-17-18-20-22-24-28-60-34-36(55-27-23-21-19-16-14-12-10-6-2)32-57-59(53,54)58-35-25-26-42-38(29-35)37(7-3)39-31-49-43(44(39)48-42)30-41-40(45(49)50)33-56-46(51)47(41,52)8-4/h25-26,29-30,36,52H,5-24,27-28,31-34H2,1-4H3,(H,53,54)/t36?,47-/m0/s1. The van der Waals surface area contributed by atoms with E-state index >= 15 is 0 Å². The van der Waals surface area contributed by atoms with Crippen molar-refractivity contribution >= 4 is 36.5 Å². The average Bonchev–Trinajstić information content (AvgIpc) is 3.61. The molecule has 0 fully saturated rings. The third kappa shape index (κ3) is 12.9. The van der Waals surface area contributed by atoms with E-state index in [9.17, 15) is 24.2 Å². The van der Waals surface area contributed by atoms with Crippen LogP contribution in [0.1, 0.15) is 172 Å². The highest BCUT2D eigenvalue weighted by Gasteiger charge is 2.45. The molecule has 0 spiro atoms. The molecule has 2 aromatic heterocycles. The molecule has 334 valence electrons. The monoisotopic (exact) mass is 870 g/mol. The minimum Gasteiger partial charge on any atom is -0.458 e. The highest BCUT2D eigenvalue weighted by atomic mass is 32.2.